The molecule has 0 unspecified atom stereocenters. The van der Waals surface area contributed by atoms with Crippen molar-refractivity contribution in [1.29, 1.82) is 0 Å². The van der Waals surface area contributed by atoms with E-state index in [1.165, 1.54) is 17.2 Å². The highest BCUT2D eigenvalue weighted by molar-refractivity contribution is 6.10. The number of ether oxygens (including phenoxy) is 3. The number of carbonyl (C=O) groups excluding carboxylic acids is 3. The van der Waals surface area contributed by atoms with Gasteiger partial charge in [0.15, 0.2) is 11.5 Å². The van der Waals surface area contributed by atoms with Crippen molar-refractivity contribution in [2.75, 3.05) is 37.2 Å². The molecule has 4 aromatic rings. The van der Waals surface area contributed by atoms with E-state index in [0.717, 1.165) is 66.6 Å². The second-order valence-corrected chi connectivity index (χ2v) is 13.8. The number of anilines is 2. The quantitative estimate of drug-likeness (QED) is 0.223. The zero-order valence-corrected chi connectivity index (χ0v) is 29.2. The lowest BCUT2D eigenvalue weighted by Crippen LogP contribution is -2.36. The topological polar surface area (TPSA) is 97.4 Å². The Bertz CT molecular complexity index is 2100. The van der Waals surface area contributed by atoms with E-state index >= 15 is 0 Å². The molecule has 8 rings (SSSR count). The largest absolute Gasteiger partial charge is 0.493 e. The number of nitrogens with zero attached hydrogens (tertiary/aromatic N) is 2. The molecule has 260 valence electrons. The van der Waals surface area contributed by atoms with Gasteiger partial charge in [0, 0.05) is 53.3 Å². The van der Waals surface area contributed by atoms with Gasteiger partial charge in [0.05, 0.1) is 7.11 Å². The lowest BCUT2D eigenvalue weighted by molar-refractivity contribution is -0.116. The van der Waals surface area contributed by atoms with Crippen molar-refractivity contribution in [3.05, 3.63) is 123 Å². The van der Waals surface area contributed by atoms with Gasteiger partial charge in [0.1, 0.15) is 19.0 Å². The molecule has 0 spiro atoms. The van der Waals surface area contributed by atoms with Crippen LogP contribution in [0.1, 0.15) is 61.4 Å². The Hall–Kier alpha value is -5.57. The normalized spacial score (nSPS) is 18.8. The number of para-hydroxylation sites is 2. The summed E-state index contributed by atoms with van der Waals surface area (Å²) in [5, 5.41) is 2.65. The van der Waals surface area contributed by atoms with Crippen LogP contribution in [0.3, 0.4) is 0 Å². The molecule has 0 fully saturated rings. The maximum atomic E-state index is 13.9. The first kappa shape index (κ1) is 32.6. The highest BCUT2D eigenvalue weighted by atomic mass is 16.5. The Morgan fingerprint density at radius 1 is 0.745 bits per heavy atom. The van der Waals surface area contributed by atoms with Crippen molar-refractivity contribution in [3.63, 3.8) is 0 Å². The number of benzene rings is 4. The minimum atomic E-state index is -0.275. The third kappa shape index (κ3) is 5.90. The second-order valence-electron chi connectivity index (χ2n) is 13.8. The van der Waals surface area contributed by atoms with E-state index < -0.39 is 0 Å². The van der Waals surface area contributed by atoms with Crippen molar-refractivity contribution in [3.8, 4) is 17.2 Å². The summed E-state index contributed by atoms with van der Waals surface area (Å²) in [6, 6.07) is 24.1. The van der Waals surface area contributed by atoms with Gasteiger partial charge in [0.2, 0.25) is 5.91 Å². The summed E-state index contributed by atoms with van der Waals surface area (Å²) >= 11 is 0. The van der Waals surface area contributed by atoms with E-state index in [2.05, 4.69) is 17.4 Å². The van der Waals surface area contributed by atoms with E-state index in [1.807, 2.05) is 71.3 Å². The third-order valence-corrected chi connectivity index (χ3v) is 10.7. The molecular formula is C42H41N3O6. The maximum Gasteiger partial charge on any atom is 0.258 e. The maximum absolute atomic E-state index is 13.9. The average molecular weight is 684 g/mol. The molecule has 0 bridgehead atoms. The summed E-state index contributed by atoms with van der Waals surface area (Å²) in [5.41, 5.74) is 9.06. The van der Waals surface area contributed by atoms with Crippen molar-refractivity contribution in [1.82, 2.24) is 5.32 Å². The molecule has 4 heterocycles. The van der Waals surface area contributed by atoms with Crippen molar-refractivity contribution < 1.29 is 28.6 Å². The van der Waals surface area contributed by atoms with Crippen LogP contribution in [0.4, 0.5) is 11.4 Å². The van der Waals surface area contributed by atoms with E-state index in [-0.39, 0.29) is 43.0 Å². The fourth-order valence-electron chi connectivity index (χ4n) is 8.13. The molecule has 51 heavy (non-hydrogen) atoms. The van der Waals surface area contributed by atoms with Gasteiger partial charge in [-0.25, -0.2) is 0 Å². The standard InChI is InChI=1S/C42H41N3O6/c1-25-16-33-27(12-14-31-18-29-8-4-6-10-35(29)44(31)41(33)47)20-37(25)50-23-26(17-40(46)43-2)24-51-39-21-28-13-15-32-19-30-9-5-7-11-36(30)45(32)42(48)34(28)22-38(39)49-3/h4-11,16-17,20-22,31-32H,12-15,18-19,23-24H2,1-3H3,(H,43,46)/b26-17+/t31-,32-/m1/s1. The highest BCUT2D eigenvalue weighted by Gasteiger charge is 2.39. The average Bonchev–Trinajstić information content (AvgIpc) is 3.64. The number of hydrogen-bond donors (Lipinski definition) is 1. The van der Waals surface area contributed by atoms with Crippen LogP contribution < -0.4 is 29.3 Å². The Labute approximate surface area is 297 Å². The molecule has 2 atom stereocenters. The first-order valence-electron chi connectivity index (χ1n) is 17.7. The van der Waals surface area contributed by atoms with Gasteiger partial charge in [-0.2, -0.15) is 0 Å². The van der Waals surface area contributed by atoms with Crippen LogP contribution in [0.5, 0.6) is 17.2 Å². The van der Waals surface area contributed by atoms with Gasteiger partial charge in [-0.05, 0) is 110 Å². The molecular weight excluding hydrogens is 642 g/mol. The molecule has 3 amide bonds. The number of methoxy groups -OCH3 is 1. The molecule has 0 aromatic heterocycles. The summed E-state index contributed by atoms with van der Waals surface area (Å²) in [5.74, 6) is 1.33. The molecule has 4 aliphatic heterocycles. The zero-order chi connectivity index (χ0) is 35.2. The molecule has 4 aliphatic rings. The minimum Gasteiger partial charge on any atom is -0.493 e. The molecule has 0 radical (unpaired) electrons. The number of rotatable bonds is 8. The smallest absolute Gasteiger partial charge is 0.258 e. The van der Waals surface area contributed by atoms with Crippen LogP contribution in [-0.2, 0) is 30.5 Å². The second kappa shape index (κ2) is 13.3. The monoisotopic (exact) mass is 683 g/mol. The van der Waals surface area contributed by atoms with Gasteiger partial charge in [0.25, 0.3) is 11.8 Å². The fourth-order valence-corrected chi connectivity index (χ4v) is 8.13. The SMILES string of the molecule is CNC(=O)/C=C(\COc1cc2c(cc1C)C(=O)N1c3ccccc3C[C@H]1CC2)COc1cc2c(cc1OC)C(=O)N1c3ccccc3C[C@H]1CC2. The molecule has 0 saturated carbocycles. The Morgan fingerprint density at radius 2 is 1.27 bits per heavy atom. The number of aryl methyl sites for hydroxylation is 3. The van der Waals surface area contributed by atoms with Crippen LogP contribution in [0.2, 0.25) is 0 Å². The third-order valence-electron chi connectivity index (χ3n) is 10.7. The van der Waals surface area contributed by atoms with Crippen LogP contribution in [0.15, 0.2) is 84.4 Å². The van der Waals surface area contributed by atoms with Crippen molar-refractivity contribution >= 4 is 29.1 Å². The molecule has 9 nitrogen and oxygen atoms in total. The van der Waals surface area contributed by atoms with Crippen LogP contribution >= 0.6 is 0 Å². The lowest BCUT2D eigenvalue weighted by Gasteiger charge is -2.23. The number of carbonyl (C=O) groups is 3. The molecule has 1 N–H and O–H groups in total. The predicted molar refractivity (Wildman–Crippen MR) is 195 cm³/mol. The Morgan fingerprint density at radius 3 is 1.84 bits per heavy atom. The summed E-state index contributed by atoms with van der Waals surface area (Å²) in [6.07, 6.45) is 6.40. The summed E-state index contributed by atoms with van der Waals surface area (Å²) < 4.78 is 18.4. The Kier molecular flexibility index (Phi) is 8.50. The number of nitrogens with one attached hydrogen (secondary N) is 1. The van der Waals surface area contributed by atoms with E-state index in [4.69, 9.17) is 14.2 Å². The van der Waals surface area contributed by atoms with Crippen molar-refractivity contribution in [2.45, 2.75) is 57.5 Å². The minimum absolute atomic E-state index is 0.0288. The van der Waals surface area contributed by atoms with Crippen LogP contribution in [0, 0.1) is 6.92 Å². The van der Waals surface area contributed by atoms with E-state index in [0.29, 0.717) is 33.9 Å². The molecule has 0 saturated heterocycles. The van der Waals surface area contributed by atoms with Gasteiger partial charge >= 0.3 is 0 Å². The summed E-state index contributed by atoms with van der Waals surface area (Å²) in [7, 11) is 3.13. The summed E-state index contributed by atoms with van der Waals surface area (Å²) in [4.78, 5) is 44.2. The van der Waals surface area contributed by atoms with E-state index in [9.17, 15) is 14.4 Å². The molecule has 0 aliphatic carbocycles. The lowest BCUT2D eigenvalue weighted by atomic mass is 9.98. The van der Waals surface area contributed by atoms with Crippen molar-refractivity contribution in [2.24, 2.45) is 0 Å². The van der Waals surface area contributed by atoms with Gasteiger partial charge in [-0.15, -0.1) is 0 Å². The number of fused-ring (bicyclic) bond motifs is 8. The highest BCUT2D eigenvalue weighted by Crippen LogP contribution is 2.41. The van der Waals surface area contributed by atoms with Crippen LogP contribution in [0.25, 0.3) is 0 Å². The first-order valence-corrected chi connectivity index (χ1v) is 17.7. The van der Waals surface area contributed by atoms with Crippen LogP contribution in [-0.4, -0.2) is 57.2 Å². The van der Waals surface area contributed by atoms with Gasteiger partial charge in [-0.3, -0.25) is 14.4 Å². The predicted octanol–water partition coefficient (Wildman–Crippen LogP) is 6.17. The van der Waals surface area contributed by atoms with E-state index in [1.54, 1.807) is 20.2 Å². The molecule has 9 heteroatoms. The number of hydrogen-bond acceptors (Lipinski definition) is 6. The van der Waals surface area contributed by atoms with Gasteiger partial charge in [-0.1, -0.05) is 36.4 Å². The molecule has 4 aromatic carbocycles. The first-order chi connectivity index (χ1) is 24.8. The zero-order valence-electron chi connectivity index (χ0n) is 29.2. The summed E-state index contributed by atoms with van der Waals surface area (Å²) in [6.45, 7) is 2.11. The number of amides is 3. The Balaban J connectivity index is 1.00. The van der Waals surface area contributed by atoms with Gasteiger partial charge < -0.3 is 29.3 Å². The fraction of sp³-hybridized carbons (Fsp3) is 0.310. The number of likely N-dealkylation sites (N-methyl/N-ethyl adjacent to an activating group) is 1.